The fourth-order valence-corrected chi connectivity index (χ4v) is 7.25. The molecule has 3 aromatic carbocycles. The van der Waals surface area contributed by atoms with Gasteiger partial charge in [0.1, 0.15) is 27.9 Å². The van der Waals surface area contributed by atoms with E-state index in [-0.39, 0.29) is 13.8 Å². The lowest BCUT2D eigenvalue weighted by Crippen LogP contribution is -2.71. The van der Waals surface area contributed by atoms with Crippen LogP contribution in [-0.4, -0.2) is 0 Å². The number of hydrogen-bond donors (Lipinski definition) is 0. The Morgan fingerprint density at radius 2 is 1.66 bits per heavy atom. The first-order chi connectivity index (χ1) is 19.6. The number of furan rings is 1. The Hall–Kier alpha value is -4.50. The molecule has 1 unspecified atom stereocenters. The van der Waals surface area contributed by atoms with Crippen LogP contribution in [-0.2, 0) is 12.1 Å². The molecule has 38 heavy (non-hydrogen) atoms. The topological polar surface area (TPSA) is 20.9 Å². The molecule has 1 spiro atoms. The molecule has 3 heteroatoms. The number of fused-ring (bicyclic) bond motifs is 16. The Bertz CT molecular complexity index is 2090. The first kappa shape index (κ1) is 18.7. The summed E-state index contributed by atoms with van der Waals surface area (Å²) < 4.78 is 28.2. The zero-order chi connectivity index (χ0) is 26.7. The molecule has 0 N–H and O–H groups in total. The third-order valence-corrected chi connectivity index (χ3v) is 8.83. The maximum absolute atomic E-state index is 8.32. The second kappa shape index (κ2) is 6.68. The lowest BCUT2D eigenvalue weighted by molar-refractivity contribution is -0.955. The van der Waals surface area contributed by atoms with E-state index in [9.17, 15) is 0 Å². The standard InChI is InChI=1S/C35H26N2O/c1-20-16-23-11-12-24-25-13-14-29-32(34(25)38-33(24)27(23)17-20)31-18-21(2)22(3)19-37(31)35(29)28-9-5-4-8-26(28)30-10-6-7-15-36(30)35/h4-15,17-19H,16H2,1-3H3/q+2/i2D,3D. The summed E-state index contributed by atoms with van der Waals surface area (Å²) in [4.78, 5) is 0. The predicted molar refractivity (Wildman–Crippen MR) is 150 cm³/mol. The summed E-state index contributed by atoms with van der Waals surface area (Å²) >= 11 is 0. The third-order valence-electron chi connectivity index (χ3n) is 8.83. The normalized spacial score (nSPS) is 18.7. The van der Waals surface area contributed by atoms with E-state index in [2.05, 4.69) is 107 Å². The van der Waals surface area contributed by atoms with Crippen LogP contribution in [0.2, 0.25) is 0 Å². The second-order valence-corrected chi connectivity index (χ2v) is 10.9. The summed E-state index contributed by atoms with van der Waals surface area (Å²) in [5, 5.41) is 2.25. The van der Waals surface area contributed by atoms with E-state index < -0.39 is 5.66 Å². The number of pyridine rings is 2. The molecule has 1 aliphatic carbocycles. The van der Waals surface area contributed by atoms with Gasteiger partial charge in [0, 0.05) is 42.8 Å². The maximum atomic E-state index is 8.32. The van der Waals surface area contributed by atoms with Crippen LogP contribution in [0.4, 0.5) is 0 Å². The van der Waals surface area contributed by atoms with Crippen LogP contribution in [0, 0.1) is 13.8 Å². The van der Waals surface area contributed by atoms with Gasteiger partial charge in [0.2, 0.25) is 11.4 Å². The summed E-state index contributed by atoms with van der Waals surface area (Å²) in [7, 11) is 0. The van der Waals surface area contributed by atoms with E-state index in [1.54, 1.807) is 0 Å². The highest BCUT2D eigenvalue weighted by molar-refractivity contribution is 6.12. The average Bonchev–Trinajstić information content (AvgIpc) is 3.71. The zero-order valence-corrected chi connectivity index (χ0v) is 21.1. The molecule has 0 amide bonds. The van der Waals surface area contributed by atoms with Crippen molar-refractivity contribution in [2.45, 2.75) is 32.8 Å². The van der Waals surface area contributed by atoms with Gasteiger partial charge in [-0.05, 0) is 68.6 Å². The summed E-state index contributed by atoms with van der Waals surface area (Å²) in [6.07, 6.45) is 7.53. The van der Waals surface area contributed by atoms with Crippen molar-refractivity contribution in [2.24, 2.45) is 0 Å². The molecule has 2 aliphatic heterocycles. The van der Waals surface area contributed by atoms with E-state index in [4.69, 9.17) is 7.16 Å². The molecular formula is C35H26N2O+2. The molecule has 3 nitrogen and oxygen atoms in total. The third kappa shape index (κ3) is 2.20. The van der Waals surface area contributed by atoms with E-state index in [0.717, 1.165) is 62.0 Å². The van der Waals surface area contributed by atoms with Gasteiger partial charge in [0.25, 0.3) is 0 Å². The van der Waals surface area contributed by atoms with Crippen molar-refractivity contribution in [3.63, 3.8) is 0 Å². The zero-order valence-electron chi connectivity index (χ0n) is 23.1. The highest BCUT2D eigenvalue weighted by Crippen LogP contribution is 2.51. The predicted octanol–water partition coefficient (Wildman–Crippen LogP) is 7.00. The van der Waals surface area contributed by atoms with Crippen molar-refractivity contribution < 1.29 is 16.3 Å². The van der Waals surface area contributed by atoms with Crippen LogP contribution in [0.5, 0.6) is 0 Å². The summed E-state index contributed by atoms with van der Waals surface area (Å²) in [5.74, 6) is 0. The molecule has 180 valence electrons. The minimum Gasteiger partial charge on any atom is -0.454 e. The molecule has 0 radical (unpaired) electrons. The molecule has 0 fully saturated rings. The van der Waals surface area contributed by atoms with Crippen LogP contribution in [0.1, 0.15) is 43.0 Å². The van der Waals surface area contributed by atoms with Gasteiger partial charge in [-0.15, -0.1) is 9.13 Å². The van der Waals surface area contributed by atoms with Crippen molar-refractivity contribution in [2.75, 3.05) is 0 Å². The number of allylic oxidation sites excluding steroid dienone is 1. The Morgan fingerprint density at radius 3 is 2.58 bits per heavy atom. The quantitative estimate of drug-likeness (QED) is 0.209. The Balaban J connectivity index is 1.49. The highest BCUT2D eigenvalue weighted by Gasteiger charge is 2.67. The number of hydrogen-bond acceptors (Lipinski definition) is 1. The van der Waals surface area contributed by atoms with Gasteiger partial charge in [-0.1, -0.05) is 35.9 Å². The molecular weight excluding hydrogens is 464 g/mol. The van der Waals surface area contributed by atoms with E-state index >= 15 is 0 Å². The first-order valence-electron chi connectivity index (χ1n) is 14.5. The van der Waals surface area contributed by atoms with Crippen LogP contribution >= 0.6 is 0 Å². The van der Waals surface area contributed by atoms with Gasteiger partial charge in [-0.2, -0.15) is 0 Å². The Labute approximate surface area is 223 Å². The minimum atomic E-state index is -0.659. The van der Waals surface area contributed by atoms with Crippen LogP contribution < -0.4 is 9.13 Å². The number of aryl methyl sites for hydroxylation is 2. The average molecular weight is 493 g/mol. The van der Waals surface area contributed by atoms with Crippen molar-refractivity contribution in [1.29, 1.82) is 0 Å². The summed E-state index contributed by atoms with van der Waals surface area (Å²) in [6.45, 7) is 2.45. The lowest BCUT2D eigenvalue weighted by atomic mass is 9.89. The molecule has 9 rings (SSSR count). The monoisotopic (exact) mass is 492 g/mol. The maximum Gasteiger partial charge on any atom is 0.417 e. The molecule has 3 aromatic heterocycles. The van der Waals surface area contributed by atoms with Crippen molar-refractivity contribution in [1.82, 2.24) is 0 Å². The molecule has 0 bridgehead atoms. The fourth-order valence-electron chi connectivity index (χ4n) is 7.25. The van der Waals surface area contributed by atoms with Crippen molar-refractivity contribution in [3.8, 4) is 22.5 Å². The van der Waals surface area contributed by atoms with Crippen molar-refractivity contribution >= 4 is 28.0 Å². The van der Waals surface area contributed by atoms with Gasteiger partial charge in [-0.25, -0.2) is 0 Å². The van der Waals surface area contributed by atoms with Crippen LogP contribution in [0.3, 0.4) is 0 Å². The van der Waals surface area contributed by atoms with E-state index in [0.29, 0.717) is 0 Å². The lowest BCUT2D eigenvalue weighted by Gasteiger charge is -2.17. The number of benzene rings is 3. The summed E-state index contributed by atoms with van der Waals surface area (Å²) in [5.41, 5.74) is 13.6. The largest absolute Gasteiger partial charge is 0.454 e. The van der Waals surface area contributed by atoms with Crippen molar-refractivity contribution in [3.05, 3.63) is 124 Å². The number of nitrogens with zero attached hydrogens (tertiary/aromatic N) is 2. The smallest absolute Gasteiger partial charge is 0.417 e. The van der Waals surface area contributed by atoms with Crippen LogP contribution in [0.25, 0.3) is 50.5 Å². The molecule has 0 saturated heterocycles. The Kier molecular flexibility index (Phi) is 3.29. The fraction of sp³-hybridized carbons (Fsp3) is 0.143. The summed E-state index contributed by atoms with van der Waals surface area (Å²) in [6, 6.07) is 26.1. The molecule has 1 atom stereocenters. The van der Waals surface area contributed by atoms with E-state index in [1.807, 2.05) is 0 Å². The molecule has 6 aromatic rings. The Morgan fingerprint density at radius 1 is 0.816 bits per heavy atom. The first-order valence-corrected chi connectivity index (χ1v) is 13.1. The number of aromatic nitrogens is 2. The molecule has 3 aliphatic rings. The number of rotatable bonds is 0. The van der Waals surface area contributed by atoms with Gasteiger partial charge in [0.15, 0.2) is 12.4 Å². The van der Waals surface area contributed by atoms with E-state index in [1.165, 1.54) is 27.8 Å². The molecule has 0 saturated carbocycles. The van der Waals surface area contributed by atoms with Gasteiger partial charge < -0.3 is 4.42 Å². The highest BCUT2D eigenvalue weighted by atomic mass is 16.3. The van der Waals surface area contributed by atoms with Gasteiger partial charge in [0.05, 0.1) is 5.56 Å². The second-order valence-electron chi connectivity index (χ2n) is 10.9. The van der Waals surface area contributed by atoms with Crippen LogP contribution in [0.15, 0.2) is 95.2 Å². The molecule has 5 heterocycles. The van der Waals surface area contributed by atoms with Gasteiger partial charge in [-0.3, -0.25) is 0 Å². The van der Waals surface area contributed by atoms with Gasteiger partial charge >= 0.3 is 5.66 Å². The SMILES string of the molecule is [2H]Cc1cc2[n+](cc1C[2H])C1(c3ccccc3-c3cccc[n+]31)c1ccc3c(oc4c5c(ccc43)CC(C)=C5)c1-2. The minimum absolute atomic E-state index is 0.132.